The largest absolute Gasteiger partial charge is 0.481 e. The van der Waals surface area contributed by atoms with Crippen molar-refractivity contribution in [1.29, 1.82) is 0 Å². The van der Waals surface area contributed by atoms with Crippen LogP contribution in [0, 0.1) is 26.2 Å². The first-order valence-electron chi connectivity index (χ1n) is 17.2. The monoisotopic (exact) mass is 742 g/mol. The van der Waals surface area contributed by atoms with Crippen LogP contribution in [-0.2, 0) is 27.5 Å². The van der Waals surface area contributed by atoms with Gasteiger partial charge in [0, 0.05) is 30.8 Å². The molecule has 52 heavy (non-hydrogen) atoms. The van der Waals surface area contributed by atoms with Crippen molar-refractivity contribution < 1.29 is 41.0 Å². The third kappa shape index (κ3) is 6.38. The van der Waals surface area contributed by atoms with Crippen LogP contribution in [0.15, 0.2) is 41.4 Å². The number of benzene rings is 1. The van der Waals surface area contributed by atoms with E-state index in [-0.39, 0.29) is 29.5 Å². The summed E-state index contributed by atoms with van der Waals surface area (Å²) >= 11 is 0. The zero-order valence-corrected chi connectivity index (χ0v) is 30.4. The maximum Gasteiger partial charge on any atom is 0.452 e. The fourth-order valence-electron chi connectivity index (χ4n) is 7.10. The molecule has 0 amide bonds. The number of carboxylic acids is 1. The molecule has 2 fully saturated rings. The average molecular weight is 743 g/mol. The molecule has 1 N–H and O–H groups in total. The summed E-state index contributed by atoms with van der Waals surface area (Å²) in [5.41, 5.74) is 1.12. The molecule has 12 nitrogen and oxygen atoms in total. The van der Waals surface area contributed by atoms with Gasteiger partial charge in [0.1, 0.15) is 17.1 Å². The van der Waals surface area contributed by atoms with Crippen molar-refractivity contribution >= 4 is 21.6 Å². The van der Waals surface area contributed by atoms with Gasteiger partial charge in [0.05, 0.1) is 12.0 Å². The van der Waals surface area contributed by atoms with Crippen LogP contribution in [0.25, 0.3) is 5.65 Å². The summed E-state index contributed by atoms with van der Waals surface area (Å²) < 4.78 is 84.2. The number of fused-ring (bicyclic) bond motifs is 2. The van der Waals surface area contributed by atoms with E-state index in [1.54, 1.807) is 52.0 Å². The molecule has 3 aromatic heterocycles. The number of alkyl halides is 3. The number of halogens is 3. The molecular formula is C36H41F3N6O6S. The summed E-state index contributed by atoms with van der Waals surface area (Å²) in [6.07, 6.45) is -1.08. The van der Waals surface area contributed by atoms with Crippen LogP contribution in [0.3, 0.4) is 0 Å². The quantitative estimate of drug-likeness (QED) is 0.221. The van der Waals surface area contributed by atoms with E-state index in [4.69, 9.17) is 9.47 Å². The first kappa shape index (κ1) is 36.1. The van der Waals surface area contributed by atoms with Crippen LogP contribution in [0.5, 0.6) is 11.8 Å². The van der Waals surface area contributed by atoms with E-state index in [2.05, 4.69) is 20.1 Å². The normalized spacial score (nSPS) is 19.1. The van der Waals surface area contributed by atoms with Gasteiger partial charge in [-0.3, -0.25) is 14.1 Å². The number of aliphatic carboxylic acids is 1. The molecule has 278 valence electrons. The number of hydrogen-bond donors (Lipinski definition) is 1. The predicted octanol–water partition coefficient (Wildman–Crippen LogP) is 5.51. The molecule has 7 rings (SSSR count). The topological polar surface area (TPSA) is 139 Å². The number of carboxylic acid groups (broad SMARTS) is 1. The van der Waals surface area contributed by atoms with E-state index < -0.39 is 44.9 Å². The Morgan fingerprint density at radius 2 is 1.81 bits per heavy atom. The number of aromatic nitrogens is 4. The fraction of sp³-hybridized carbons (Fsp3) is 0.500. The summed E-state index contributed by atoms with van der Waals surface area (Å²) in [5.74, 6) is -2.80. The maximum absolute atomic E-state index is 14.4. The molecule has 0 unspecified atom stereocenters. The van der Waals surface area contributed by atoms with Gasteiger partial charge in [-0.25, -0.2) is 8.42 Å². The van der Waals surface area contributed by atoms with Crippen LogP contribution in [0.2, 0.25) is 0 Å². The Kier molecular flexibility index (Phi) is 8.81. The highest BCUT2D eigenvalue weighted by Gasteiger charge is 2.53. The minimum atomic E-state index is -4.74. The first-order chi connectivity index (χ1) is 24.4. The lowest BCUT2D eigenvalue weighted by molar-refractivity contribution is -0.147. The molecule has 0 radical (unpaired) electrons. The molecule has 1 atom stereocenters. The SMILES string of the molecule is Cc1ccc([C@@H](c2ccn3c(C(F)(F)F)nnc3c2C)C(C)(C)C(=O)O)cc1CN1CC2(CC2)Oc2nc(OCCN3CCC3)c(C)cc2S1(=O)=O. The smallest absolute Gasteiger partial charge is 0.452 e. The van der Waals surface area contributed by atoms with Gasteiger partial charge in [-0.2, -0.15) is 22.5 Å². The van der Waals surface area contributed by atoms with Gasteiger partial charge in [0.25, 0.3) is 0 Å². The zero-order valence-electron chi connectivity index (χ0n) is 29.6. The lowest BCUT2D eigenvalue weighted by Gasteiger charge is -2.33. The highest BCUT2D eigenvalue weighted by atomic mass is 32.2. The Morgan fingerprint density at radius 1 is 1.08 bits per heavy atom. The second-order valence-electron chi connectivity index (χ2n) is 14.8. The molecule has 1 aliphatic carbocycles. The van der Waals surface area contributed by atoms with Gasteiger partial charge in [0.2, 0.25) is 27.6 Å². The number of ether oxygens (including phenoxy) is 2. The number of pyridine rings is 2. The number of nitrogens with zero attached hydrogens (tertiary/aromatic N) is 6. The Bertz CT molecular complexity index is 2180. The molecule has 1 saturated carbocycles. The number of aryl methyl sites for hydroxylation is 3. The summed E-state index contributed by atoms with van der Waals surface area (Å²) in [6.45, 7) is 11.6. The lowest BCUT2D eigenvalue weighted by atomic mass is 9.70. The van der Waals surface area contributed by atoms with E-state index in [1.807, 2.05) is 6.92 Å². The Morgan fingerprint density at radius 3 is 2.44 bits per heavy atom. The molecule has 1 saturated heterocycles. The number of sulfonamides is 1. The number of hydrogen-bond acceptors (Lipinski definition) is 9. The van der Waals surface area contributed by atoms with Crippen molar-refractivity contribution in [3.8, 4) is 11.8 Å². The molecule has 0 bridgehead atoms. The molecular weight excluding hydrogens is 701 g/mol. The van der Waals surface area contributed by atoms with Crippen LogP contribution < -0.4 is 9.47 Å². The van der Waals surface area contributed by atoms with Gasteiger partial charge in [-0.1, -0.05) is 18.2 Å². The minimum Gasteiger partial charge on any atom is -0.481 e. The summed E-state index contributed by atoms with van der Waals surface area (Å²) in [5, 5.41) is 17.6. The Balaban J connectivity index is 1.25. The third-order valence-corrected chi connectivity index (χ3v) is 12.4. The second-order valence-corrected chi connectivity index (χ2v) is 16.7. The van der Waals surface area contributed by atoms with Crippen LogP contribution in [-0.4, -0.2) is 86.7 Å². The molecule has 4 aromatic rings. The number of likely N-dealkylation sites (tertiary alicyclic amines) is 1. The zero-order chi connectivity index (χ0) is 37.4. The van der Waals surface area contributed by atoms with Crippen LogP contribution in [0.1, 0.15) is 78.2 Å². The van der Waals surface area contributed by atoms with Crippen molar-refractivity contribution in [3.63, 3.8) is 0 Å². The summed E-state index contributed by atoms with van der Waals surface area (Å²) in [4.78, 5) is 19.6. The van der Waals surface area contributed by atoms with E-state index in [0.29, 0.717) is 53.1 Å². The van der Waals surface area contributed by atoms with Crippen molar-refractivity contribution in [2.24, 2.45) is 5.41 Å². The van der Waals surface area contributed by atoms with Gasteiger partial charge in [-0.05, 0) is 107 Å². The van der Waals surface area contributed by atoms with E-state index in [1.165, 1.54) is 23.0 Å². The van der Waals surface area contributed by atoms with E-state index >= 15 is 0 Å². The first-order valence-corrected chi connectivity index (χ1v) is 18.7. The molecule has 1 spiro atoms. The Labute approximate surface area is 299 Å². The third-order valence-electron chi connectivity index (χ3n) is 10.7. The Hall–Kier alpha value is -4.28. The predicted molar refractivity (Wildman–Crippen MR) is 183 cm³/mol. The van der Waals surface area contributed by atoms with Crippen molar-refractivity contribution in [1.82, 2.24) is 28.8 Å². The molecule has 3 aliphatic rings. The molecule has 1 aromatic carbocycles. The second kappa shape index (κ2) is 12.7. The minimum absolute atomic E-state index is 0.0197. The van der Waals surface area contributed by atoms with E-state index in [0.717, 1.165) is 29.6 Å². The summed E-state index contributed by atoms with van der Waals surface area (Å²) in [6, 6.07) is 8.39. The molecule has 16 heteroatoms. The van der Waals surface area contributed by atoms with Crippen molar-refractivity contribution in [2.45, 2.75) is 83.0 Å². The molecule has 2 aliphatic heterocycles. The van der Waals surface area contributed by atoms with Crippen LogP contribution in [0.4, 0.5) is 13.2 Å². The highest BCUT2D eigenvalue weighted by Crippen LogP contribution is 2.48. The van der Waals surface area contributed by atoms with Gasteiger partial charge < -0.3 is 14.6 Å². The van der Waals surface area contributed by atoms with Crippen molar-refractivity contribution in [2.75, 3.05) is 32.8 Å². The van der Waals surface area contributed by atoms with Gasteiger partial charge >= 0.3 is 12.1 Å². The van der Waals surface area contributed by atoms with Crippen LogP contribution >= 0.6 is 0 Å². The summed E-state index contributed by atoms with van der Waals surface area (Å²) in [7, 11) is -4.12. The van der Waals surface area contributed by atoms with E-state index in [9.17, 15) is 31.5 Å². The number of carbonyl (C=O) groups is 1. The molecule has 5 heterocycles. The number of rotatable bonds is 10. The lowest BCUT2D eigenvalue weighted by Crippen LogP contribution is -2.39. The van der Waals surface area contributed by atoms with Gasteiger partial charge in [0.15, 0.2) is 5.65 Å². The maximum atomic E-state index is 14.4. The van der Waals surface area contributed by atoms with Gasteiger partial charge in [-0.15, -0.1) is 10.2 Å². The standard InChI is InChI=1S/C36H41F3N6O6S/c1-21-7-8-24(28(34(4,5)33(46)47)26-9-14-45-29(23(26)3)41-42-32(45)36(37,38)39)18-25(21)19-44-20-35(10-11-35)51-31-27(52(44,48)49)17-22(2)30(40-31)50-16-15-43-12-6-13-43/h7-9,14,17-18,28H,6,10-13,15-16,19-20H2,1-5H3,(H,46,47)/t28-/m0/s1. The fourth-order valence-corrected chi connectivity index (χ4v) is 8.73. The average Bonchev–Trinajstić information content (AvgIpc) is 3.65. The highest BCUT2D eigenvalue weighted by molar-refractivity contribution is 7.89. The van der Waals surface area contributed by atoms with Crippen molar-refractivity contribution in [3.05, 3.63) is 75.7 Å².